The maximum atomic E-state index is 13.2. The molecule has 1 atom stereocenters. The number of hydrogen-bond donors (Lipinski definition) is 1. The summed E-state index contributed by atoms with van der Waals surface area (Å²) in [5.41, 5.74) is 1.50. The quantitative estimate of drug-likeness (QED) is 0.905. The fourth-order valence-corrected chi connectivity index (χ4v) is 1.99. The SMILES string of the molecule is CNC(c1cccc(F)c1)c1ncccc1Cl. The third kappa shape index (κ3) is 2.62. The normalized spacial score (nSPS) is 12.4. The largest absolute Gasteiger partial charge is 0.308 e. The van der Waals surface area contributed by atoms with Gasteiger partial charge < -0.3 is 5.32 Å². The fourth-order valence-electron chi connectivity index (χ4n) is 1.76. The summed E-state index contributed by atoms with van der Waals surface area (Å²) >= 11 is 6.09. The molecule has 2 aromatic rings. The minimum Gasteiger partial charge on any atom is -0.308 e. The second kappa shape index (κ2) is 5.25. The first-order valence-electron chi connectivity index (χ1n) is 5.25. The van der Waals surface area contributed by atoms with Gasteiger partial charge in [-0.05, 0) is 36.9 Å². The smallest absolute Gasteiger partial charge is 0.123 e. The molecule has 0 amide bonds. The van der Waals surface area contributed by atoms with Gasteiger partial charge in [0.2, 0.25) is 0 Å². The molecule has 0 aliphatic rings. The topological polar surface area (TPSA) is 24.9 Å². The lowest BCUT2D eigenvalue weighted by Crippen LogP contribution is -2.19. The average molecular weight is 251 g/mol. The van der Waals surface area contributed by atoms with Gasteiger partial charge in [0.15, 0.2) is 0 Å². The zero-order chi connectivity index (χ0) is 12.3. The molecule has 0 radical (unpaired) electrons. The highest BCUT2D eigenvalue weighted by Crippen LogP contribution is 2.26. The van der Waals surface area contributed by atoms with Gasteiger partial charge in [-0.1, -0.05) is 23.7 Å². The second-order valence-corrected chi connectivity index (χ2v) is 4.05. The predicted octanol–water partition coefficient (Wildman–Crippen LogP) is 3.18. The maximum absolute atomic E-state index is 13.2. The number of aromatic nitrogens is 1. The molecule has 0 bridgehead atoms. The molecule has 0 fully saturated rings. The fraction of sp³-hybridized carbons (Fsp3) is 0.154. The van der Waals surface area contributed by atoms with Crippen LogP contribution < -0.4 is 5.32 Å². The number of halogens is 2. The Bertz CT molecular complexity index is 516. The van der Waals surface area contributed by atoms with E-state index in [-0.39, 0.29) is 11.9 Å². The van der Waals surface area contributed by atoms with Crippen molar-refractivity contribution in [1.82, 2.24) is 10.3 Å². The van der Waals surface area contributed by atoms with E-state index in [2.05, 4.69) is 10.3 Å². The Labute approximate surface area is 104 Å². The van der Waals surface area contributed by atoms with E-state index in [0.29, 0.717) is 10.7 Å². The molecule has 2 nitrogen and oxygen atoms in total. The van der Waals surface area contributed by atoms with Crippen LogP contribution in [0, 0.1) is 5.82 Å². The molecule has 1 aromatic heterocycles. The van der Waals surface area contributed by atoms with Gasteiger partial charge in [0.05, 0.1) is 16.8 Å². The first-order valence-corrected chi connectivity index (χ1v) is 5.63. The predicted molar refractivity (Wildman–Crippen MR) is 66.5 cm³/mol. The molecule has 2 rings (SSSR count). The summed E-state index contributed by atoms with van der Waals surface area (Å²) in [6, 6.07) is 9.74. The molecule has 17 heavy (non-hydrogen) atoms. The number of hydrogen-bond acceptors (Lipinski definition) is 2. The third-order valence-electron chi connectivity index (χ3n) is 2.53. The molecule has 1 N–H and O–H groups in total. The number of nitrogens with zero attached hydrogens (tertiary/aromatic N) is 1. The number of rotatable bonds is 3. The average Bonchev–Trinajstić information content (AvgIpc) is 2.33. The van der Waals surface area contributed by atoms with E-state index in [4.69, 9.17) is 11.6 Å². The van der Waals surface area contributed by atoms with Crippen LogP contribution in [-0.2, 0) is 0 Å². The van der Waals surface area contributed by atoms with Gasteiger partial charge in [0.25, 0.3) is 0 Å². The van der Waals surface area contributed by atoms with E-state index in [1.807, 2.05) is 6.07 Å². The molecule has 0 aliphatic carbocycles. The zero-order valence-electron chi connectivity index (χ0n) is 9.32. The Morgan fingerprint density at radius 3 is 2.76 bits per heavy atom. The van der Waals surface area contributed by atoms with Crippen LogP contribution >= 0.6 is 11.6 Å². The van der Waals surface area contributed by atoms with Gasteiger partial charge in [0, 0.05) is 6.20 Å². The molecule has 1 heterocycles. The highest BCUT2D eigenvalue weighted by Gasteiger charge is 2.16. The van der Waals surface area contributed by atoms with Crippen LogP contribution in [0.5, 0.6) is 0 Å². The van der Waals surface area contributed by atoms with Crippen molar-refractivity contribution in [3.8, 4) is 0 Å². The molecule has 0 aliphatic heterocycles. The van der Waals surface area contributed by atoms with Crippen LogP contribution in [0.25, 0.3) is 0 Å². The van der Waals surface area contributed by atoms with E-state index >= 15 is 0 Å². The minimum atomic E-state index is -0.269. The van der Waals surface area contributed by atoms with Crippen LogP contribution in [-0.4, -0.2) is 12.0 Å². The Balaban J connectivity index is 2.44. The number of pyridine rings is 1. The molecular weight excluding hydrogens is 239 g/mol. The number of nitrogens with one attached hydrogen (secondary N) is 1. The van der Waals surface area contributed by atoms with Crippen LogP contribution in [0.4, 0.5) is 4.39 Å². The van der Waals surface area contributed by atoms with E-state index in [1.165, 1.54) is 12.1 Å². The van der Waals surface area contributed by atoms with E-state index in [1.54, 1.807) is 31.4 Å². The first kappa shape index (κ1) is 12.0. The number of benzene rings is 1. The van der Waals surface area contributed by atoms with Crippen molar-refractivity contribution in [2.45, 2.75) is 6.04 Å². The second-order valence-electron chi connectivity index (χ2n) is 3.65. The Kier molecular flexibility index (Phi) is 3.71. The van der Waals surface area contributed by atoms with Crippen LogP contribution in [0.2, 0.25) is 5.02 Å². The van der Waals surface area contributed by atoms with Crippen LogP contribution in [0.15, 0.2) is 42.6 Å². The summed E-state index contributed by atoms with van der Waals surface area (Å²) in [7, 11) is 1.79. The third-order valence-corrected chi connectivity index (χ3v) is 2.85. The molecule has 0 saturated heterocycles. The van der Waals surface area contributed by atoms with Crippen molar-refractivity contribution < 1.29 is 4.39 Å². The van der Waals surface area contributed by atoms with Crippen LogP contribution in [0.1, 0.15) is 17.3 Å². The summed E-state index contributed by atoms with van der Waals surface area (Å²) in [5, 5.41) is 3.65. The van der Waals surface area contributed by atoms with E-state index in [0.717, 1.165) is 5.56 Å². The molecular formula is C13H12ClFN2. The maximum Gasteiger partial charge on any atom is 0.123 e. The lowest BCUT2D eigenvalue weighted by atomic mass is 10.0. The van der Waals surface area contributed by atoms with Gasteiger partial charge in [-0.2, -0.15) is 0 Å². The van der Waals surface area contributed by atoms with Gasteiger partial charge in [-0.3, -0.25) is 4.98 Å². The summed E-state index contributed by atoms with van der Waals surface area (Å²) in [6.07, 6.45) is 1.67. The highest BCUT2D eigenvalue weighted by molar-refractivity contribution is 6.31. The lowest BCUT2D eigenvalue weighted by Gasteiger charge is -2.17. The summed E-state index contributed by atoms with van der Waals surface area (Å²) < 4.78 is 13.2. The van der Waals surface area contributed by atoms with Crippen molar-refractivity contribution in [1.29, 1.82) is 0 Å². The lowest BCUT2D eigenvalue weighted by molar-refractivity contribution is 0.614. The van der Waals surface area contributed by atoms with Crippen molar-refractivity contribution in [2.75, 3.05) is 7.05 Å². The molecule has 0 spiro atoms. The summed E-state index contributed by atoms with van der Waals surface area (Å²) in [5.74, 6) is -0.269. The zero-order valence-corrected chi connectivity index (χ0v) is 10.1. The minimum absolute atomic E-state index is 0.209. The van der Waals surface area contributed by atoms with Crippen molar-refractivity contribution in [3.63, 3.8) is 0 Å². The molecule has 1 unspecified atom stereocenters. The molecule has 88 valence electrons. The standard InChI is InChI=1S/C13H12ClFN2/c1-16-12(9-4-2-5-10(15)8-9)13-11(14)6-3-7-17-13/h2-8,12,16H,1H3. The van der Waals surface area contributed by atoms with Crippen LogP contribution in [0.3, 0.4) is 0 Å². The van der Waals surface area contributed by atoms with Gasteiger partial charge in [0.1, 0.15) is 5.82 Å². The highest BCUT2D eigenvalue weighted by atomic mass is 35.5. The monoisotopic (exact) mass is 250 g/mol. The van der Waals surface area contributed by atoms with E-state index in [9.17, 15) is 4.39 Å². The summed E-state index contributed by atoms with van der Waals surface area (Å²) in [4.78, 5) is 4.24. The van der Waals surface area contributed by atoms with Gasteiger partial charge in [-0.15, -0.1) is 0 Å². The Hall–Kier alpha value is -1.45. The molecule has 1 aromatic carbocycles. The van der Waals surface area contributed by atoms with Gasteiger partial charge >= 0.3 is 0 Å². The summed E-state index contributed by atoms with van der Waals surface area (Å²) in [6.45, 7) is 0. The van der Waals surface area contributed by atoms with Crippen molar-refractivity contribution >= 4 is 11.6 Å². The molecule has 4 heteroatoms. The van der Waals surface area contributed by atoms with E-state index < -0.39 is 0 Å². The first-order chi connectivity index (χ1) is 8.22. The van der Waals surface area contributed by atoms with Gasteiger partial charge in [-0.25, -0.2) is 4.39 Å². The van der Waals surface area contributed by atoms with Crippen molar-refractivity contribution in [3.05, 3.63) is 64.7 Å². The Morgan fingerprint density at radius 2 is 2.12 bits per heavy atom. The Morgan fingerprint density at radius 1 is 1.29 bits per heavy atom. The van der Waals surface area contributed by atoms with Crippen molar-refractivity contribution in [2.24, 2.45) is 0 Å². The molecule has 0 saturated carbocycles.